The van der Waals surface area contributed by atoms with Gasteiger partial charge in [-0.25, -0.2) is 4.68 Å². The Kier molecular flexibility index (Phi) is 2.81. The lowest BCUT2D eigenvalue weighted by Gasteiger charge is -2.13. The zero-order chi connectivity index (χ0) is 11.5. The molecule has 0 radical (unpaired) electrons. The first-order valence-corrected chi connectivity index (χ1v) is 5.16. The minimum atomic E-state index is 0.0856. The molecule has 1 unspecified atom stereocenters. The van der Waals surface area contributed by atoms with Gasteiger partial charge >= 0.3 is 0 Å². The summed E-state index contributed by atoms with van der Waals surface area (Å²) in [5.74, 6) is 0. The number of rotatable bonds is 3. The molecule has 0 fully saturated rings. The normalized spacial score (nSPS) is 12.4. The zero-order valence-electron chi connectivity index (χ0n) is 9.29. The van der Waals surface area contributed by atoms with Crippen LogP contribution in [0.25, 0.3) is 0 Å². The van der Waals surface area contributed by atoms with Crippen molar-refractivity contribution in [3.63, 3.8) is 0 Å². The fraction of sp³-hybridized carbons (Fsp3) is 0.250. The Labute approximate surface area is 93.9 Å². The number of aldehydes is 1. The van der Waals surface area contributed by atoms with Crippen LogP contribution in [0.4, 0.5) is 0 Å². The second-order valence-corrected chi connectivity index (χ2v) is 3.71. The maximum atomic E-state index is 10.7. The summed E-state index contributed by atoms with van der Waals surface area (Å²) in [5.41, 5.74) is 2.35. The van der Waals surface area contributed by atoms with Crippen molar-refractivity contribution in [1.82, 2.24) is 15.0 Å². The molecule has 0 saturated carbocycles. The summed E-state index contributed by atoms with van der Waals surface area (Å²) in [4.78, 5) is 10.7. The van der Waals surface area contributed by atoms with E-state index >= 15 is 0 Å². The maximum Gasteiger partial charge on any atom is 0.172 e. The van der Waals surface area contributed by atoms with E-state index in [0.717, 1.165) is 17.5 Å². The topological polar surface area (TPSA) is 47.8 Å². The largest absolute Gasteiger partial charge is 0.296 e. The molecule has 0 bridgehead atoms. The van der Waals surface area contributed by atoms with Crippen LogP contribution < -0.4 is 0 Å². The van der Waals surface area contributed by atoms with Gasteiger partial charge in [-0.2, -0.15) is 0 Å². The van der Waals surface area contributed by atoms with Crippen molar-refractivity contribution < 1.29 is 4.79 Å². The van der Waals surface area contributed by atoms with E-state index < -0.39 is 0 Å². The summed E-state index contributed by atoms with van der Waals surface area (Å²) >= 11 is 0. The summed E-state index contributed by atoms with van der Waals surface area (Å²) in [6, 6.07) is 10.1. The van der Waals surface area contributed by atoms with Crippen molar-refractivity contribution in [2.24, 2.45) is 0 Å². The first kappa shape index (κ1) is 10.5. The van der Waals surface area contributed by atoms with Gasteiger partial charge in [0.05, 0.1) is 11.7 Å². The van der Waals surface area contributed by atoms with Gasteiger partial charge in [-0.1, -0.05) is 35.5 Å². The molecule has 4 nitrogen and oxygen atoms in total. The van der Waals surface area contributed by atoms with Gasteiger partial charge in [0.1, 0.15) is 5.69 Å². The molecule has 2 aromatic rings. The third kappa shape index (κ3) is 1.74. The zero-order valence-corrected chi connectivity index (χ0v) is 9.29. The fourth-order valence-corrected chi connectivity index (χ4v) is 1.70. The Balaban J connectivity index is 2.38. The molecule has 4 heteroatoms. The van der Waals surface area contributed by atoms with Crippen molar-refractivity contribution in [2.75, 3.05) is 0 Å². The maximum absolute atomic E-state index is 10.7. The van der Waals surface area contributed by atoms with E-state index in [0.29, 0.717) is 5.69 Å². The molecule has 1 heterocycles. The van der Waals surface area contributed by atoms with Gasteiger partial charge in [-0.15, -0.1) is 5.10 Å². The minimum absolute atomic E-state index is 0.0856. The Bertz CT molecular complexity index is 490. The van der Waals surface area contributed by atoms with Crippen LogP contribution in [-0.2, 0) is 0 Å². The highest BCUT2D eigenvalue weighted by molar-refractivity contribution is 5.72. The van der Waals surface area contributed by atoms with Crippen molar-refractivity contribution in [1.29, 1.82) is 0 Å². The Morgan fingerprint density at radius 1 is 1.31 bits per heavy atom. The highest BCUT2D eigenvalue weighted by Crippen LogP contribution is 2.18. The highest BCUT2D eigenvalue weighted by atomic mass is 16.1. The molecule has 0 saturated heterocycles. The molecule has 1 atom stereocenters. The SMILES string of the molecule is Cc1c(C=O)nnn1C(C)c1ccccc1. The van der Waals surface area contributed by atoms with E-state index in [9.17, 15) is 4.79 Å². The lowest BCUT2D eigenvalue weighted by molar-refractivity contribution is 0.111. The first-order valence-electron chi connectivity index (χ1n) is 5.16. The molecular weight excluding hydrogens is 202 g/mol. The molecule has 0 aliphatic heterocycles. The van der Waals surface area contributed by atoms with Gasteiger partial charge in [-0.3, -0.25) is 4.79 Å². The van der Waals surface area contributed by atoms with Gasteiger partial charge in [0, 0.05) is 0 Å². The van der Waals surface area contributed by atoms with Gasteiger partial charge in [0.25, 0.3) is 0 Å². The molecule has 1 aromatic heterocycles. The lowest BCUT2D eigenvalue weighted by atomic mass is 10.1. The Morgan fingerprint density at radius 3 is 2.56 bits per heavy atom. The number of carbonyl (C=O) groups excluding carboxylic acids is 1. The molecule has 0 N–H and O–H groups in total. The summed E-state index contributed by atoms with van der Waals surface area (Å²) < 4.78 is 1.76. The summed E-state index contributed by atoms with van der Waals surface area (Å²) in [6.07, 6.45) is 0.733. The van der Waals surface area contributed by atoms with Crippen LogP contribution in [0.1, 0.15) is 34.7 Å². The lowest BCUT2D eigenvalue weighted by Crippen LogP contribution is -2.10. The average molecular weight is 215 g/mol. The predicted molar refractivity (Wildman–Crippen MR) is 60.4 cm³/mol. The van der Waals surface area contributed by atoms with E-state index in [4.69, 9.17) is 0 Å². The third-order valence-electron chi connectivity index (χ3n) is 2.72. The van der Waals surface area contributed by atoms with Crippen LogP contribution in [0, 0.1) is 6.92 Å². The van der Waals surface area contributed by atoms with Crippen LogP contribution in [-0.4, -0.2) is 21.3 Å². The second-order valence-electron chi connectivity index (χ2n) is 3.71. The molecule has 82 valence electrons. The number of aromatic nitrogens is 3. The minimum Gasteiger partial charge on any atom is -0.296 e. The van der Waals surface area contributed by atoms with Gasteiger partial charge in [0.15, 0.2) is 6.29 Å². The molecule has 1 aromatic carbocycles. The first-order chi connectivity index (χ1) is 7.74. The molecule has 0 aliphatic carbocycles. The van der Waals surface area contributed by atoms with Crippen molar-refractivity contribution >= 4 is 6.29 Å². The summed E-state index contributed by atoms with van der Waals surface area (Å²) in [6.45, 7) is 3.88. The van der Waals surface area contributed by atoms with Crippen LogP contribution in [0.3, 0.4) is 0 Å². The molecule has 0 spiro atoms. The van der Waals surface area contributed by atoms with Gasteiger partial charge in [0.2, 0.25) is 0 Å². The monoisotopic (exact) mass is 215 g/mol. The van der Waals surface area contributed by atoms with Crippen LogP contribution in [0.5, 0.6) is 0 Å². The van der Waals surface area contributed by atoms with E-state index in [1.165, 1.54) is 0 Å². The number of benzene rings is 1. The standard InChI is InChI=1S/C12H13N3O/c1-9(11-6-4-3-5-7-11)15-10(2)12(8-16)13-14-15/h3-9H,1-2H3. The smallest absolute Gasteiger partial charge is 0.172 e. The molecule has 0 amide bonds. The van der Waals surface area contributed by atoms with Crippen LogP contribution in [0.2, 0.25) is 0 Å². The predicted octanol–water partition coefficient (Wildman–Crippen LogP) is 2.01. The molecule has 0 aliphatic rings. The molecule has 16 heavy (non-hydrogen) atoms. The number of carbonyl (C=O) groups is 1. The molecular formula is C12H13N3O. The summed E-state index contributed by atoms with van der Waals surface area (Å²) in [5, 5.41) is 7.82. The van der Waals surface area contributed by atoms with E-state index in [1.807, 2.05) is 44.2 Å². The van der Waals surface area contributed by atoms with E-state index in [-0.39, 0.29) is 6.04 Å². The number of hydrogen-bond acceptors (Lipinski definition) is 3. The van der Waals surface area contributed by atoms with E-state index in [1.54, 1.807) is 4.68 Å². The van der Waals surface area contributed by atoms with Gasteiger partial charge in [-0.05, 0) is 19.4 Å². The quantitative estimate of drug-likeness (QED) is 0.736. The number of hydrogen-bond donors (Lipinski definition) is 0. The van der Waals surface area contributed by atoms with Gasteiger partial charge < -0.3 is 0 Å². The van der Waals surface area contributed by atoms with Crippen LogP contribution in [0.15, 0.2) is 30.3 Å². The molecule has 2 rings (SSSR count). The highest BCUT2D eigenvalue weighted by Gasteiger charge is 2.14. The Hall–Kier alpha value is -1.97. The Morgan fingerprint density at radius 2 is 2.00 bits per heavy atom. The van der Waals surface area contributed by atoms with Crippen molar-refractivity contribution in [3.05, 3.63) is 47.3 Å². The fourth-order valence-electron chi connectivity index (χ4n) is 1.70. The second kappa shape index (κ2) is 4.26. The summed E-state index contributed by atoms with van der Waals surface area (Å²) in [7, 11) is 0. The van der Waals surface area contributed by atoms with Crippen molar-refractivity contribution in [2.45, 2.75) is 19.9 Å². The third-order valence-corrected chi connectivity index (χ3v) is 2.72. The van der Waals surface area contributed by atoms with Crippen LogP contribution >= 0.6 is 0 Å². The van der Waals surface area contributed by atoms with Crippen molar-refractivity contribution in [3.8, 4) is 0 Å². The average Bonchev–Trinajstić information content (AvgIpc) is 2.70. The van der Waals surface area contributed by atoms with E-state index in [2.05, 4.69) is 10.3 Å². The number of nitrogens with zero attached hydrogens (tertiary/aromatic N) is 3.